The highest BCUT2D eigenvalue weighted by Crippen LogP contribution is 2.36. The number of halogens is 5. The first-order valence-electron chi connectivity index (χ1n) is 4.38. The smallest absolute Gasteiger partial charge is 0.205 e. The van der Waals surface area contributed by atoms with Gasteiger partial charge < -0.3 is 0 Å². The van der Waals surface area contributed by atoms with Crippen LogP contribution in [0.1, 0.15) is 11.1 Å². The van der Waals surface area contributed by atoms with E-state index < -0.39 is 33.7 Å². The molecule has 0 aliphatic rings. The highest BCUT2D eigenvalue weighted by Gasteiger charge is 2.34. The zero-order valence-corrected chi connectivity index (χ0v) is 9.27. The number of hydrogen-bond acceptors (Lipinski definition) is 2. The second-order valence-electron chi connectivity index (χ2n) is 3.10. The molecule has 18 heavy (non-hydrogen) atoms. The summed E-state index contributed by atoms with van der Waals surface area (Å²) in [6.07, 6.45) is -4.29. The summed E-state index contributed by atoms with van der Waals surface area (Å²) in [6.45, 7) is 0. The molecule has 1 rings (SSSR count). The van der Waals surface area contributed by atoms with Crippen molar-refractivity contribution in [1.29, 1.82) is 10.5 Å². The van der Waals surface area contributed by atoms with Crippen molar-refractivity contribution < 1.29 is 17.6 Å². The second kappa shape index (κ2) is 5.07. The Morgan fingerprint density at radius 1 is 1.22 bits per heavy atom. The quantitative estimate of drug-likeness (QED) is 0.575. The van der Waals surface area contributed by atoms with E-state index in [9.17, 15) is 17.6 Å². The zero-order valence-electron chi connectivity index (χ0n) is 8.52. The van der Waals surface area contributed by atoms with E-state index >= 15 is 0 Å². The number of rotatable bonds is 1. The Labute approximate surface area is 104 Å². The Bertz CT molecular complexity index is 575. The molecule has 92 valence electrons. The fourth-order valence-corrected chi connectivity index (χ4v) is 1.35. The fourth-order valence-electron chi connectivity index (χ4n) is 1.19. The maximum Gasteiger partial charge on any atom is 0.417 e. The third-order valence-electron chi connectivity index (χ3n) is 1.97. The topological polar surface area (TPSA) is 47.6 Å². The lowest BCUT2D eigenvalue weighted by Crippen LogP contribution is -2.09. The molecule has 0 bridgehead atoms. The van der Waals surface area contributed by atoms with Crippen LogP contribution in [0, 0.1) is 28.5 Å². The van der Waals surface area contributed by atoms with Crippen LogP contribution in [0.25, 0.3) is 6.08 Å². The third-order valence-corrected chi connectivity index (χ3v) is 2.26. The maximum absolute atomic E-state index is 13.5. The standard InChI is InChI=1S/C11H3ClF4N2/c12-9-2-1-8(11(14,15)16)7(10(9)13)3-6(4-17)5-18/h1-3H. The zero-order chi connectivity index (χ0) is 13.9. The normalized spacial score (nSPS) is 10.4. The van der Waals surface area contributed by atoms with Gasteiger partial charge in [-0.25, -0.2) is 4.39 Å². The Hall–Kier alpha value is -2.05. The van der Waals surface area contributed by atoms with Crippen molar-refractivity contribution >= 4 is 17.7 Å². The Kier molecular flexibility index (Phi) is 3.95. The highest BCUT2D eigenvalue weighted by molar-refractivity contribution is 6.30. The molecule has 1 aromatic rings. The maximum atomic E-state index is 13.5. The monoisotopic (exact) mass is 274 g/mol. The van der Waals surface area contributed by atoms with Gasteiger partial charge in [0, 0.05) is 5.56 Å². The van der Waals surface area contributed by atoms with E-state index in [2.05, 4.69) is 0 Å². The van der Waals surface area contributed by atoms with Gasteiger partial charge in [-0.05, 0) is 18.2 Å². The fraction of sp³-hybridized carbons (Fsp3) is 0.0909. The lowest BCUT2D eigenvalue weighted by atomic mass is 10.0. The van der Waals surface area contributed by atoms with Crippen LogP contribution in [0.5, 0.6) is 0 Å². The summed E-state index contributed by atoms with van der Waals surface area (Å²) < 4.78 is 51.4. The minimum Gasteiger partial charge on any atom is -0.205 e. The lowest BCUT2D eigenvalue weighted by Gasteiger charge is -2.11. The van der Waals surface area contributed by atoms with Crippen molar-refractivity contribution in [2.45, 2.75) is 6.18 Å². The summed E-state index contributed by atoms with van der Waals surface area (Å²) in [7, 11) is 0. The van der Waals surface area contributed by atoms with Crippen LogP contribution in [0.2, 0.25) is 5.02 Å². The van der Waals surface area contributed by atoms with Crippen LogP contribution in [0.3, 0.4) is 0 Å². The van der Waals surface area contributed by atoms with E-state index in [-0.39, 0.29) is 0 Å². The first-order chi connectivity index (χ1) is 8.31. The van der Waals surface area contributed by atoms with Gasteiger partial charge in [0.05, 0.1) is 10.6 Å². The van der Waals surface area contributed by atoms with Gasteiger partial charge in [-0.15, -0.1) is 0 Å². The van der Waals surface area contributed by atoms with Crippen molar-refractivity contribution in [3.05, 3.63) is 39.7 Å². The van der Waals surface area contributed by atoms with Crippen molar-refractivity contribution in [3.8, 4) is 12.1 Å². The van der Waals surface area contributed by atoms with Crippen molar-refractivity contribution in [2.24, 2.45) is 0 Å². The molecule has 0 radical (unpaired) electrons. The molecule has 0 atom stereocenters. The Morgan fingerprint density at radius 2 is 1.78 bits per heavy atom. The summed E-state index contributed by atoms with van der Waals surface area (Å²) in [5.41, 5.74) is -2.87. The molecule has 0 fully saturated rings. The molecule has 0 heterocycles. The van der Waals surface area contributed by atoms with Crippen LogP contribution in [-0.2, 0) is 6.18 Å². The van der Waals surface area contributed by atoms with E-state index in [1.165, 1.54) is 12.1 Å². The van der Waals surface area contributed by atoms with Gasteiger partial charge in [-0.1, -0.05) is 11.6 Å². The predicted octanol–water partition coefficient (Wildman–Crippen LogP) is 3.93. The highest BCUT2D eigenvalue weighted by atomic mass is 35.5. The molecule has 0 aliphatic heterocycles. The number of alkyl halides is 3. The van der Waals surface area contributed by atoms with Crippen molar-refractivity contribution in [2.75, 3.05) is 0 Å². The molecule has 0 N–H and O–H groups in total. The molecule has 1 aromatic carbocycles. The summed E-state index contributed by atoms with van der Waals surface area (Å²) in [5, 5.41) is 16.4. The first-order valence-corrected chi connectivity index (χ1v) is 4.76. The van der Waals surface area contributed by atoms with Gasteiger partial charge in [0.1, 0.15) is 23.5 Å². The molecule has 0 spiro atoms. The van der Waals surface area contributed by atoms with E-state index in [0.717, 1.165) is 6.07 Å². The van der Waals surface area contributed by atoms with Crippen molar-refractivity contribution in [3.63, 3.8) is 0 Å². The van der Waals surface area contributed by atoms with Gasteiger partial charge in [-0.3, -0.25) is 0 Å². The van der Waals surface area contributed by atoms with E-state index in [0.29, 0.717) is 12.1 Å². The van der Waals surface area contributed by atoms with Gasteiger partial charge in [0.25, 0.3) is 0 Å². The molecule has 0 aromatic heterocycles. The Morgan fingerprint density at radius 3 is 2.22 bits per heavy atom. The lowest BCUT2D eigenvalue weighted by molar-refractivity contribution is -0.137. The summed E-state index contributed by atoms with van der Waals surface area (Å²) >= 11 is 5.37. The molecule has 0 aliphatic carbocycles. The number of benzene rings is 1. The van der Waals surface area contributed by atoms with Gasteiger partial charge >= 0.3 is 6.18 Å². The summed E-state index contributed by atoms with van der Waals surface area (Å²) in [4.78, 5) is 0. The number of allylic oxidation sites excluding steroid dienone is 1. The van der Waals surface area contributed by atoms with Crippen LogP contribution in [0.15, 0.2) is 17.7 Å². The number of nitriles is 2. The van der Waals surface area contributed by atoms with Crippen LogP contribution in [-0.4, -0.2) is 0 Å². The molecule has 7 heteroatoms. The van der Waals surface area contributed by atoms with Gasteiger partial charge in [-0.2, -0.15) is 23.7 Å². The average Bonchev–Trinajstić information content (AvgIpc) is 2.29. The molecule has 0 saturated heterocycles. The summed E-state index contributed by atoms with van der Waals surface area (Å²) in [6, 6.07) is 4.04. The first kappa shape index (κ1) is 14.0. The number of hydrogen-bond donors (Lipinski definition) is 0. The largest absolute Gasteiger partial charge is 0.417 e. The third kappa shape index (κ3) is 2.79. The molecule has 2 nitrogen and oxygen atoms in total. The molecular weight excluding hydrogens is 272 g/mol. The van der Waals surface area contributed by atoms with E-state index in [1.54, 1.807) is 0 Å². The SMILES string of the molecule is N#CC(C#N)=Cc1c(C(F)(F)F)ccc(Cl)c1F. The van der Waals surface area contributed by atoms with Crippen molar-refractivity contribution in [1.82, 2.24) is 0 Å². The average molecular weight is 275 g/mol. The van der Waals surface area contributed by atoms with Gasteiger partial charge in [0.15, 0.2) is 0 Å². The molecule has 0 saturated carbocycles. The van der Waals surface area contributed by atoms with Crippen LogP contribution < -0.4 is 0 Å². The van der Waals surface area contributed by atoms with E-state index in [1.807, 2.05) is 0 Å². The van der Waals surface area contributed by atoms with E-state index in [4.69, 9.17) is 22.1 Å². The van der Waals surface area contributed by atoms with Crippen LogP contribution >= 0.6 is 11.6 Å². The minimum absolute atomic E-state index is 0.518. The molecule has 0 amide bonds. The number of nitrogens with zero attached hydrogens (tertiary/aromatic N) is 2. The predicted molar refractivity (Wildman–Crippen MR) is 55.6 cm³/mol. The Balaban J connectivity index is 3.61. The second-order valence-corrected chi connectivity index (χ2v) is 3.51. The van der Waals surface area contributed by atoms with Crippen LogP contribution in [0.4, 0.5) is 17.6 Å². The van der Waals surface area contributed by atoms with Gasteiger partial charge in [0.2, 0.25) is 0 Å². The minimum atomic E-state index is -4.81. The molecular formula is C11H3ClF4N2. The summed E-state index contributed by atoms with van der Waals surface area (Å²) in [5.74, 6) is -1.32. The molecule has 0 unspecified atom stereocenters.